The lowest BCUT2D eigenvalue weighted by atomic mass is 10.2. The van der Waals surface area contributed by atoms with Crippen LogP contribution in [-0.4, -0.2) is 24.1 Å². The highest BCUT2D eigenvalue weighted by Crippen LogP contribution is 2.19. The average Bonchev–Trinajstić information content (AvgIpc) is 2.36. The molecule has 0 spiro atoms. The Balaban J connectivity index is 2.71. The number of ether oxygens (including phenoxy) is 1. The third-order valence-electron chi connectivity index (χ3n) is 2.59. The van der Waals surface area contributed by atoms with Gasteiger partial charge in [-0.2, -0.15) is 0 Å². The first kappa shape index (κ1) is 16.0. The zero-order valence-electron chi connectivity index (χ0n) is 12.0. The molecule has 3 amide bonds. The van der Waals surface area contributed by atoms with Gasteiger partial charge in [-0.15, -0.1) is 0 Å². The fourth-order valence-electron chi connectivity index (χ4n) is 1.55. The van der Waals surface area contributed by atoms with Crippen LogP contribution in [0.4, 0.5) is 4.79 Å². The van der Waals surface area contributed by atoms with E-state index in [1.165, 1.54) is 0 Å². The first-order valence-electron chi connectivity index (χ1n) is 6.48. The summed E-state index contributed by atoms with van der Waals surface area (Å²) in [5.41, 5.74) is 5.84. The maximum Gasteiger partial charge on any atom is 0.318 e. The van der Waals surface area contributed by atoms with Gasteiger partial charge in [-0.1, -0.05) is 32.0 Å². The van der Waals surface area contributed by atoms with Gasteiger partial charge in [-0.3, -0.25) is 10.1 Å². The lowest BCUT2D eigenvalue weighted by Gasteiger charge is -2.17. The van der Waals surface area contributed by atoms with Gasteiger partial charge in [-0.25, -0.2) is 4.79 Å². The lowest BCUT2D eigenvalue weighted by Crippen LogP contribution is -2.42. The summed E-state index contributed by atoms with van der Waals surface area (Å²) >= 11 is 0. The molecule has 110 valence electrons. The van der Waals surface area contributed by atoms with Crippen LogP contribution in [0.25, 0.3) is 0 Å². The third kappa shape index (κ3) is 5.27. The van der Waals surface area contributed by atoms with E-state index in [2.05, 4.69) is 5.32 Å². The van der Waals surface area contributed by atoms with Gasteiger partial charge < -0.3 is 15.8 Å². The summed E-state index contributed by atoms with van der Waals surface area (Å²) < 4.78 is 5.58. The van der Waals surface area contributed by atoms with E-state index in [1.54, 1.807) is 13.0 Å². The summed E-state index contributed by atoms with van der Waals surface area (Å²) in [4.78, 5) is 22.2. The molecule has 0 aromatic heterocycles. The number of carbonyl (C=O) groups is 2. The van der Waals surface area contributed by atoms with Crippen molar-refractivity contribution in [1.82, 2.24) is 10.6 Å². The summed E-state index contributed by atoms with van der Waals surface area (Å²) in [5, 5.41) is 5.27. The predicted molar refractivity (Wildman–Crippen MR) is 76.2 cm³/mol. The summed E-state index contributed by atoms with van der Waals surface area (Å²) in [7, 11) is 0. The second kappa shape index (κ2) is 7.49. The number of imide groups is 1. The molecule has 6 heteroatoms. The molecule has 0 radical (unpaired) electrons. The smallest absolute Gasteiger partial charge is 0.318 e. The molecular formula is C14H21N3O3. The lowest BCUT2D eigenvalue weighted by molar-refractivity contribution is -0.126. The molecule has 0 fully saturated rings. The van der Waals surface area contributed by atoms with Gasteiger partial charge in [0, 0.05) is 18.2 Å². The Hall–Kier alpha value is -2.08. The number of benzene rings is 1. The minimum atomic E-state index is -0.889. The van der Waals surface area contributed by atoms with Crippen molar-refractivity contribution in [3.8, 4) is 5.75 Å². The highest BCUT2D eigenvalue weighted by molar-refractivity contribution is 5.95. The molecule has 1 rings (SSSR count). The summed E-state index contributed by atoms with van der Waals surface area (Å²) in [6.45, 7) is 6.29. The number of primary amides is 1. The number of urea groups is 1. The third-order valence-corrected chi connectivity index (χ3v) is 2.59. The number of para-hydroxylation sites is 1. The molecule has 1 aromatic rings. The van der Waals surface area contributed by atoms with Gasteiger partial charge in [0.15, 0.2) is 6.10 Å². The molecule has 4 N–H and O–H groups in total. The van der Waals surface area contributed by atoms with Crippen molar-refractivity contribution in [2.24, 2.45) is 5.73 Å². The molecule has 1 unspecified atom stereocenters. The number of rotatable bonds is 6. The quantitative estimate of drug-likeness (QED) is 0.728. The van der Waals surface area contributed by atoms with E-state index < -0.39 is 18.0 Å². The van der Waals surface area contributed by atoms with E-state index in [-0.39, 0.29) is 0 Å². The monoisotopic (exact) mass is 279 g/mol. The zero-order chi connectivity index (χ0) is 15.1. The first-order valence-corrected chi connectivity index (χ1v) is 6.48. The highest BCUT2D eigenvalue weighted by atomic mass is 16.5. The molecule has 0 saturated carbocycles. The average molecular weight is 279 g/mol. The number of hydrogen-bond acceptors (Lipinski definition) is 4. The van der Waals surface area contributed by atoms with Crippen LogP contribution in [0, 0.1) is 0 Å². The topological polar surface area (TPSA) is 93.4 Å². The van der Waals surface area contributed by atoms with E-state index in [0.717, 1.165) is 5.56 Å². The van der Waals surface area contributed by atoms with Gasteiger partial charge in [0.25, 0.3) is 5.91 Å². The van der Waals surface area contributed by atoms with Crippen LogP contribution in [0.5, 0.6) is 5.75 Å². The van der Waals surface area contributed by atoms with Crippen LogP contribution in [0.1, 0.15) is 26.3 Å². The molecule has 0 aliphatic carbocycles. The zero-order valence-corrected chi connectivity index (χ0v) is 12.0. The number of hydrogen-bond donors (Lipinski definition) is 3. The molecule has 20 heavy (non-hydrogen) atoms. The number of carbonyl (C=O) groups excluding carboxylic acids is 2. The van der Waals surface area contributed by atoms with Crippen LogP contribution in [0.3, 0.4) is 0 Å². The van der Waals surface area contributed by atoms with E-state index >= 15 is 0 Å². The van der Waals surface area contributed by atoms with Crippen LogP contribution in [0.15, 0.2) is 24.3 Å². The number of nitrogens with one attached hydrogen (secondary N) is 2. The maximum absolute atomic E-state index is 11.6. The van der Waals surface area contributed by atoms with E-state index in [4.69, 9.17) is 10.5 Å². The molecule has 0 aliphatic rings. The van der Waals surface area contributed by atoms with Crippen molar-refractivity contribution in [1.29, 1.82) is 0 Å². The Labute approximate surface area is 118 Å². The van der Waals surface area contributed by atoms with Crippen LogP contribution >= 0.6 is 0 Å². The van der Waals surface area contributed by atoms with Gasteiger partial charge in [0.1, 0.15) is 5.75 Å². The van der Waals surface area contributed by atoms with E-state index in [0.29, 0.717) is 18.3 Å². The molecule has 0 heterocycles. The second-order valence-corrected chi connectivity index (χ2v) is 4.76. The van der Waals surface area contributed by atoms with Gasteiger partial charge in [0.05, 0.1) is 0 Å². The Morgan fingerprint density at radius 2 is 1.90 bits per heavy atom. The molecule has 0 saturated heterocycles. The summed E-state index contributed by atoms with van der Waals surface area (Å²) in [6, 6.07) is 6.89. The molecule has 1 aromatic carbocycles. The van der Waals surface area contributed by atoms with Gasteiger partial charge >= 0.3 is 6.03 Å². The van der Waals surface area contributed by atoms with Crippen molar-refractivity contribution >= 4 is 11.9 Å². The Bertz CT molecular complexity index is 474. The van der Waals surface area contributed by atoms with E-state index in [1.807, 2.05) is 37.4 Å². The van der Waals surface area contributed by atoms with Crippen molar-refractivity contribution in [2.75, 3.05) is 0 Å². The highest BCUT2D eigenvalue weighted by Gasteiger charge is 2.17. The van der Waals surface area contributed by atoms with Gasteiger partial charge in [-0.05, 0) is 13.0 Å². The van der Waals surface area contributed by atoms with E-state index in [9.17, 15) is 9.59 Å². The van der Waals surface area contributed by atoms with Crippen molar-refractivity contribution in [3.63, 3.8) is 0 Å². The van der Waals surface area contributed by atoms with Crippen LogP contribution in [0.2, 0.25) is 0 Å². The molecule has 0 bridgehead atoms. The maximum atomic E-state index is 11.6. The summed E-state index contributed by atoms with van der Waals surface area (Å²) in [6.07, 6.45) is -0.803. The second-order valence-electron chi connectivity index (χ2n) is 4.76. The Kier molecular flexibility index (Phi) is 5.99. The fourth-order valence-corrected chi connectivity index (χ4v) is 1.55. The Morgan fingerprint density at radius 3 is 2.50 bits per heavy atom. The standard InChI is InChI=1S/C14H21N3O3/c1-9(2)16-8-11-6-4-5-7-12(11)20-10(3)13(18)17-14(15)19/h4-7,9-10,16H,8H2,1-3H3,(H3,15,17,18,19). The molecule has 6 nitrogen and oxygen atoms in total. The van der Waals surface area contributed by atoms with Crippen molar-refractivity contribution < 1.29 is 14.3 Å². The Morgan fingerprint density at radius 1 is 1.25 bits per heavy atom. The normalized spacial score (nSPS) is 12.0. The van der Waals surface area contributed by atoms with Gasteiger partial charge in [0.2, 0.25) is 0 Å². The SMILES string of the molecule is CC(C)NCc1ccccc1OC(C)C(=O)NC(N)=O. The van der Waals surface area contributed by atoms with Crippen molar-refractivity contribution in [3.05, 3.63) is 29.8 Å². The molecule has 1 atom stereocenters. The van der Waals surface area contributed by atoms with Crippen LogP contribution < -0.4 is 21.1 Å². The number of amides is 3. The van der Waals surface area contributed by atoms with Crippen molar-refractivity contribution in [2.45, 2.75) is 39.5 Å². The minimum absolute atomic E-state index is 0.346. The minimum Gasteiger partial charge on any atom is -0.481 e. The fraction of sp³-hybridized carbons (Fsp3) is 0.429. The van der Waals surface area contributed by atoms with Crippen LogP contribution in [-0.2, 0) is 11.3 Å². The largest absolute Gasteiger partial charge is 0.481 e. The summed E-state index contributed by atoms with van der Waals surface area (Å²) in [5.74, 6) is 0.0388. The molecular weight excluding hydrogens is 258 g/mol. The molecule has 0 aliphatic heterocycles. The number of nitrogens with two attached hydrogens (primary N) is 1. The predicted octanol–water partition coefficient (Wildman–Crippen LogP) is 1.15. The first-order chi connectivity index (χ1) is 9.40.